The number of carbonyl (C=O) groups is 1. The molecule has 1 unspecified atom stereocenters. The highest BCUT2D eigenvalue weighted by Crippen LogP contribution is 2.09. The van der Waals surface area contributed by atoms with Crippen molar-refractivity contribution in [2.75, 3.05) is 0 Å². The number of carbonyl (C=O) groups excluding carboxylic acids is 1. The van der Waals surface area contributed by atoms with E-state index < -0.39 is 17.6 Å². The van der Waals surface area contributed by atoms with E-state index in [1.54, 1.807) is 33.0 Å². The first-order valence-corrected chi connectivity index (χ1v) is 5.44. The largest absolute Gasteiger partial charge is 0.459 e. The molecule has 1 rings (SSSR count). The predicted molar refractivity (Wildman–Crippen MR) is 64.6 cm³/mol. The smallest absolute Gasteiger partial charge is 0.323 e. The van der Waals surface area contributed by atoms with Gasteiger partial charge in [0.15, 0.2) is 0 Å². The number of ether oxygens (including phenoxy) is 1. The Hall–Kier alpha value is -1.62. The van der Waals surface area contributed by atoms with E-state index in [2.05, 4.69) is 4.98 Å². The molecule has 1 aromatic rings. The van der Waals surface area contributed by atoms with Crippen LogP contribution in [-0.2, 0) is 16.0 Å². The molecule has 0 saturated heterocycles. The van der Waals surface area contributed by atoms with E-state index in [1.165, 1.54) is 6.07 Å². The minimum absolute atomic E-state index is 0.181. The third-order valence-electron chi connectivity index (χ3n) is 2.01. The number of hydrogen-bond donors (Lipinski definition) is 2. The Balaban J connectivity index is 2.60. The van der Waals surface area contributed by atoms with E-state index in [1.807, 2.05) is 0 Å². The number of hydrogen-bond acceptors (Lipinski definition) is 4. The lowest BCUT2D eigenvalue weighted by Crippen LogP contribution is -2.38. The summed E-state index contributed by atoms with van der Waals surface area (Å²) >= 11 is 0. The summed E-state index contributed by atoms with van der Waals surface area (Å²) in [4.78, 5) is 25.0. The van der Waals surface area contributed by atoms with Gasteiger partial charge in [-0.25, -0.2) is 0 Å². The van der Waals surface area contributed by atoms with Gasteiger partial charge in [-0.3, -0.25) is 9.59 Å². The molecule has 5 nitrogen and oxygen atoms in total. The lowest BCUT2D eigenvalue weighted by molar-refractivity contribution is -0.156. The molecule has 1 atom stereocenters. The van der Waals surface area contributed by atoms with Crippen LogP contribution in [0, 0.1) is 0 Å². The van der Waals surface area contributed by atoms with Crippen LogP contribution in [0.5, 0.6) is 0 Å². The van der Waals surface area contributed by atoms with Crippen molar-refractivity contribution in [1.82, 2.24) is 4.98 Å². The lowest BCUT2D eigenvalue weighted by atomic mass is 10.1. The zero-order chi connectivity index (χ0) is 13.1. The van der Waals surface area contributed by atoms with Crippen LogP contribution in [0.4, 0.5) is 0 Å². The minimum atomic E-state index is -0.722. The Morgan fingerprint density at radius 2 is 2.12 bits per heavy atom. The first kappa shape index (κ1) is 13.4. The maximum atomic E-state index is 11.6. The van der Waals surface area contributed by atoms with Gasteiger partial charge < -0.3 is 15.5 Å². The maximum Gasteiger partial charge on any atom is 0.323 e. The molecule has 0 radical (unpaired) electrons. The quantitative estimate of drug-likeness (QED) is 0.754. The first-order chi connectivity index (χ1) is 7.78. The molecule has 5 heteroatoms. The number of nitrogens with one attached hydrogen (secondary N) is 1. The summed E-state index contributed by atoms with van der Waals surface area (Å²) in [6.45, 7) is 5.37. The SMILES string of the molecule is CC(C)(C)OC(=O)C(N)Cc1ccc(=O)[nH]c1. The second-order valence-corrected chi connectivity index (χ2v) is 4.91. The van der Waals surface area contributed by atoms with E-state index in [4.69, 9.17) is 10.5 Å². The Morgan fingerprint density at radius 3 is 2.59 bits per heavy atom. The molecule has 94 valence electrons. The van der Waals surface area contributed by atoms with Gasteiger partial charge in [0.25, 0.3) is 0 Å². The number of H-pyrrole nitrogens is 1. The van der Waals surface area contributed by atoms with Crippen LogP contribution in [0.25, 0.3) is 0 Å². The van der Waals surface area contributed by atoms with Crippen molar-refractivity contribution in [2.24, 2.45) is 5.73 Å². The fraction of sp³-hybridized carbons (Fsp3) is 0.500. The molecule has 1 aromatic heterocycles. The van der Waals surface area contributed by atoms with Gasteiger partial charge in [0.1, 0.15) is 11.6 Å². The summed E-state index contributed by atoms with van der Waals surface area (Å²) in [7, 11) is 0. The van der Waals surface area contributed by atoms with E-state index in [0.29, 0.717) is 6.42 Å². The van der Waals surface area contributed by atoms with Gasteiger partial charge in [-0.2, -0.15) is 0 Å². The summed E-state index contributed by atoms with van der Waals surface area (Å²) < 4.78 is 5.16. The zero-order valence-corrected chi connectivity index (χ0v) is 10.3. The molecule has 17 heavy (non-hydrogen) atoms. The van der Waals surface area contributed by atoms with Crippen molar-refractivity contribution in [2.45, 2.75) is 38.8 Å². The van der Waals surface area contributed by atoms with E-state index >= 15 is 0 Å². The molecule has 0 bridgehead atoms. The Morgan fingerprint density at radius 1 is 1.47 bits per heavy atom. The highest BCUT2D eigenvalue weighted by molar-refractivity contribution is 5.76. The number of aromatic amines is 1. The second-order valence-electron chi connectivity index (χ2n) is 4.91. The zero-order valence-electron chi connectivity index (χ0n) is 10.3. The summed E-state index contributed by atoms with van der Waals surface area (Å²) in [5.41, 5.74) is 5.80. The molecule has 0 spiro atoms. The summed E-state index contributed by atoms with van der Waals surface area (Å²) in [6, 6.07) is 2.32. The van der Waals surface area contributed by atoms with Crippen molar-refractivity contribution < 1.29 is 9.53 Å². The molecule has 3 N–H and O–H groups in total. The van der Waals surface area contributed by atoms with E-state index in [9.17, 15) is 9.59 Å². The van der Waals surface area contributed by atoms with Crippen molar-refractivity contribution in [3.63, 3.8) is 0 Å². The summed E-state index contributed by atoms with van der Waals surface area (Å²) in [5.74, 6) is -0.441. The standard InChI is InChI=1S/C12H18N2O3/c1-12(2,3)17-11(16)9(13)6-8-4-5-10(15)14-7-8/h4-5,7,9H,6,13H2,1-3H3,(H,14,15). The molecular weight excluding hydrogens is 220 g/mol. The van der Waals surface area contributed by atoms with Crippen LogP contribution in [0.3, 0.4) is 0 Å². The first-order valence-electron chi connectivity index (χ1n) is 5.44. The summed E-state index contributed by atoms with van der Waals surface area (Å²) in [5, 5.41) is 0. The van der Waals surface area contributed by atoms with Gasteiger partial charge in [0.05, 0.1) is 0 Å². The fourth-order valence-corrected chi connectivity index (χ4v) is 1.28. The molecule has 0 aliphatic carbocycles. The monoisotopic (exact) mass is 238 g/mol. The van der Waals surface area contributed by atoms with Crippen LogP contribution in [0.1, 0.15) is 26.3 Å². The van der Waals surface area contributed by atoms with Crippen LogP contribution >= 0.6 is 0 Å². The Bertz CT molecular complexity index is 425. The van der Waals surface area contributed by atoms with E-state index in [0.717, 1.165) is 5.56 Å². The minimum Gasteiger partial charge on any atom is -0.459 e. The highest BCUT2D eigenvalue weighted by Gasteiger charge is 2.22. The van der Waals surface area contributed by atoms with Crippen LogP contribution in [0.15, 0.2) is 23.1 Å². The molecular formula is C12H18N2O3. The van der Waals surface area contributed by atoms with Crippen LogP contribution in [-0.4, -0.2) is 22.6 Å². The molecule has 0 fully saturated rings. The van der Waals surface area contributed by atoms with Gasteiger partial charge in [-0.1, -0.05) is 6.07 Å². The van der Waals surface area contributed by atoms with Gasteiger partial charge in [0, 0.05) is 12.3 Å². The second kappa shape index (κ2) is 5.14. The fourth-order valence-electron chi connectivity index (χ4n) is 1.28. The van der Waals surface area contributed by atoms with Gasteiger partial charge >= 0.3 is 5.97 Å². The number of rotatable bonds is 3. The van der Waals surface area contributed by atoms with Crippen molar-refractivity contribution in [1.29, 1.82) is 0 Å². The van der Waals surface area contributed by atoms with Crippen LogP contribution < -0.4 is 11.3 Å². The predicted octanol–water partition coefficient (Wildman–Crippen LogP) is 0.586. The summed E-state index contributed by atoms with van der Waals surface area (Å²) in [6.07, 6.45) is 1.89. The molecule has 1 heterocycles. The normalized spacial score (nSPS) is 13.2. The molecule has 0 aliphatic heterocycles. The number of pyridine rings is 1. The molecule has 0 amide bonds. The Kier molecular flexibility index (Phi) is 4.07. The van der Waals surface area contributed by atoms with Crippen LogP contribution in [0.2, 0.25) is 0 Å². The number of nitrogens with two attached hydrogens (primary N) is 1. The Labute approximate surface area is 100.0 Å². The van der Waals surface area contributed by atoms with Crippen molar-refractivity contribution >= 4 is 5.97 Å². The maximum absolute atomic E-state index is 11.6. The lowest BCUT2D eigenvalue weighted by Gasteiger charge is -2.22. The third-order valence-corrected chi connectivity index (χ3v) is 2.01. The average Bonchev–Trinajstić information content (AvgIpc) is 2.19. The van der Waals surface area contributed by atoms with Gasteiger partial charge in [-0.15, -0.1) is 0 Å². The molecule has 0 aromatic carbocycles. The average molecular weight is 238 g/mol. The number of esters is 1. The van der Waals surface area contributed by atoms with E-state index in [-0.39, 0.29) is 5.56 Å². The molecule has 0 aliphatic rings. The topological polar surface area (TPSA) is 85.2 Å². The third kappa shape index (κ3) is 4.82. The number of aromatic nitrogens is 1. The van der Waals surface area contributed by atoms with Crippen molar-refractivity contribution in [3.05, 3.63) is 34.2 Å². The molecule has 0 saturated carbocycles. The van der Waals surface area contributed by atoms with Gasteiger partial charge in [0.2, 0.25) is 5.56 Å². The van der Waals surface area contributed by atoms with Gasteiger partial charge in [-0.05, 0) is 32.8 Å². The highest BCUT2D eigenvalue weighted by atomic mass is 16.6. The van der Waals surface area contributed by atoms with Crippen molar-refractivity contribution in [3.8, 4) is 0 Å².